The fourth-order valence-corrected chi connectivity index (χ4v) is 1.50. The summed E-state index contributed by atoms with van der Waals surface area (Å²) in [5.41, 5.74) is 9.94. The lowest BCUT2D eigenvalue weighted by Crippen LogP contribution is -1.92. The molecule has 3 heteroatoms. The fourth-order valence-electron chi connectivity index (χ4n) is 1.50. The highest BCUT2D eigenvalue weighted by Crippen LogP contribution is 2.22. The number of hydrogen-bond donors (Lipinski definition) is 1. The van der Waals surface area contributed by atoms with E-state index in [0.29, 0.717) is 5.82 Å². The predicted molar refractivity (Wildman–Crippen MR) is 61.4 cm³/mol. The van der Waals surface area contributed by atoms with Crippen LogP contribution in [0.25, 0.3) is 11.1 Å². The molecule has 76 valence electrons. The monoisotopic (exact) mass is 199 g/mol. The van der Waals surface area contributed by atoms with Gasteiger partial charge in [-0.05, 0) is 43.2 Å². The van der Waals surface area contributed by atoms with Crippen LogP contribution in [0.15, 0.2) is 30.6 Å². The zero-order chi connectivity index (χ0) is 10.8. The first kappa shape index (κ1) is 9.65. The van der Waals surface area contributed by atoms with Gasteiger partial charge in [-0.3, -0.25) is 4.98 Å². The summed E-state index contributed by atoms with van der Waals surface area (Å²) < 4.78 is 0. The van der Waals surface area contributed by atoms with E-state index in [1.165, 1.54) is 0 Å². The molecule has 0 aromatic carbocycles. The molecule has 0 atom stereocenters. The van der Waals surface area contributed by atoms with Gasteiger partial charge in [-0.2, -0.15) is 0 Å². The second kappa shape index (κ2) is 3.69. The summed E-state index contributed by atoms with van der Waals surface area (Å²) in [5.74, 6) is 0.544. The summed E-state index contributed by atoms with van der Waals surface area (Å²) in [7, 11) is 0. The number of pyridine rings is 2. The lowest BCUT2D eigenvalue weighted by Gasteiger charge is -2.06. The largest absolute Gasteiger partial charge is 0.384 e. The van der Waals surface area contributed by atoms with Crippen LogP contribution in [0, 0.1) is 13.8 Å². The molecule has 2 aromatic heterocycles. The van der Waals surface area contributed by atoms with E-state index in [-0.39, 0.29) is 0 Å². The number of hydrogen-bond acceptors (Lipinski definition) is 3. The first-order valence-corrected chi connectivity index (χ1v) is 4.82. The van der Waals surface area contributed by atoms with E-state index in [1.807, 2.05) is 32.2 Å². The van der Waals surface area contributed by atoms with Crippen LogP contribution in [0.5, 0.6) is 0 Å². The second-order valence-corrected chi connectivity index (χ2v) is 3.61. The molecule has 0 aliphatic heterocycles. The highest BCUT2D eigenvalue weighted by Gasteiger charge is 2.02. The Morgan fingerprint density at radius 3 is 2.53 bits per heavy atom. The number of anilines is 1. The third-order valence-corrected chi connectivity index (χ3v) is 2.34. The Morgan fingerprint density at radius 1 is 1.07 bits per heavy atom. The molecule has 0 aliphatic carbocycles. The smallest absolute Gasteiger partial charge is 0.123 e. The van der Waals surface area contributed by atoms with Crippen molar-refractivity contribution in [1.82, 2.24) is 9.97 Å². The van der Waals surface area contributed by atoms with E-state index in [2.05, 4.69) is 16.0 Å². The Bertz CT molecular complexity index is 475. The van der Waals surface area contributed by atoms with Crippen molar-refractivity contribution < 1.29 is 0 Å². The van der Waals surface area contributed by atoms with Gasteiger partial charge in [0.05, 0.1) is 0 Å². The molecule has 0 radical (unpaired) electrons. The SMILES string of the molecule is Cc1cc(-c2ccc(N)nc2)c(C)cn1. The average Bonchev–Trinajstić information content (AvgIpc) is 2.23. The van der Waals surface area contributed by atoms with E-state index < -0.39 is 0 Å². The summed E-state index contributed by atoms with van der Waals surface area (Å²) in [6, 6.07) is 5.84. The molecular formula is C12H13N3. The Morgan fingerprint density at radius 2 is 1.87 bits per heavy atom. The van der Waals surface area contributed by atoms with Gasteiger partial charge in [0, 0.05) is 23.7 Å². The molecule has 15 heavy (non-hydrogen) atoms. The van der Waals surface area contributed by atoms with Crippen LogP contribution in [-0.4, -0.2) is 9.97 Å². The van der Waals surface area contributed by atoms with Crippen LogP contribution in [0.2, 0.25) is 0 Å². The minimum Gasteiger partial charge on any atom is -0.384 e. The topological polar surface area (TPSA) is 51.8 Å². The molecule has 0 bridgehead atoms. The number of nitrogen functional groups attached to an aromatic ring is 1. The highest BCUT2D eigenvalue weighted by molar-refractivity contribution is 5.66. The quantitative estimate of drug-likeness (QED) is 0.767. The molecule has 3 nitrogen and oxygen atoms in total. The lowest BCUT2D eigenvalue weighted by molar-refractivity contribution is 1.17. The zero-order valence-electron chi connectivity index (χ0n) is 8.86. The van der Waals surface area contributed by atoms with Crippen LogP contribution in [0.1, 0.15) is 11.3 Å². The molecule has 0 aliphatic rings. The normalized spacial score (nSPS) is 10.3. The van der Waals surface area contributed by atoms with E-state index in [0.717, 1.165) is 22.4 Å². The number of aromatic nitrogens is 2. The van der Waals surface area contributed by atoms with Crippen LogP contribution >= 0.6 is 0 Å². The molecule has 2 aromatic rings. The molecule has 2 rings (SSSR count). The standard InChI is InChI=1S/C12H13N3/c1-8-6-14-9(2)5-11(8)10-3-4-12(13)15-7-10/h3-7H,1-2H3,(H2,13,15). The van der Waals surface area contributed by atoms with Gasteiger partial charge >= 0.3 is 0 Å². The molecule has 0 unspecified atom stereocenters. The Labute approximate surface area is 89.0 Å². The maximum Gasteiger partial charge on any atom is 0.123 e. The highest BCUT2D eigenvalue weighted by atomic mass is 14.8. The van der Waals surface area contributed by atoms with Crippen molar-refractivity contribution in [3.05, 3.63) is 41.9 Å². The molecule has 2 heterocycles. The van der Waals surface area contributed by atoms with Gasteiger partial charge in [0.1, 0.15) is 5.82 Å². The maximum absolute atomic E-state index is 5.55. The first-order valence-electron chi connectivity index (χ1n) is 4.82. The van der Waals surface area contributed by atoms with E-state index in [1.54, 1.807) is 6.20 Å². The fraction of sp³-hybridized carbons (Fsp3) is 0.167. The predicted octanol–water partition coefficient (Wildman–Crippen LogP) is 2.34. The van der Waals surface area contributed by atoms with Crippen molar-refractivity contribution in [3.8, 4) is 11.1 Å². The van der Waals surface area contributed by atoms with Crippen molar-refractivity contribution >= 4 is 5.82 Å². The van der Waals surface area contributed by atoms with E-state index in [9.17, 15) is 0 Å². The van der Waals surface area contributed by atoms with Crippen LogP contribution in [0.3, 0.4) is 0 Å². The lowest BCUT2D eigenvalue weighted by atomic mass is 10.0. The van der Waals surface area contributed by atoms with Gasteiger partial charge in [0.25, 0.3) is 0 Å². The molecule has 0 spiro atoms. The van der Waals surface area contributed by atoms with Gasteiger partial charge < -0.3 is 5.73 Å². The molecule has 0 saturated carbocycles. The summed E-state index contributed by atoms with van der Waals surface area (Å²) >= 11 is 0. The molecule has 2 N–H and O–H groups in total. The second-order valence-electron chi connectivity index (χ2n) is 3.61. The summed E-state index contributed by atoms with van der Waals surface area (Å²) in [6.45, 7) is 4.02. The van der Waals surface area contributed by atoms with Crippen molar-refractivity contribution in [2.75, 3.05) is 5.73 Å². The zero-order valence-corrected chi connectivity index (χ0v) is 8.86. The number of nitrogens with two attached hydrogens (primary N) is 1. The van der Waals surface area contributed by atoms with Crippen molar-refractivity contribution in [2.24, 2.45) is 0 Å². The summed E-state index contributed by atoms with van der Waals surface area (Å²) in [6.07, 6.45) is 3.66. The van der Waals surface area contributed by atoms with E-state index in [4.69, 9.17) is 5.73 Å². The maximum atomic E-state index is 5.55. The summed E-state index contributed by atoms with van der Waals surface area (Å²) in [5, 5.41) is 0. The van der Waals surface area contributed by atoms with Gasteiger partial charge in [-0.1, -0.05) is 0 Å². The number of rotatable bonds is 1. The van der Waals surface area contributed by atoms with Gasteiger partial charge in [-0.15, -0.1) is 0 Å². The van der Waals surface area contributed by atoms with Crippen molar-refractivity contribution in [1.29, 1.82) is 0 Å². The molecule has 0 saturated heterocycles. The molecular weight excluding hydrogens is 186 g/mol. The minimum absolute atomic E-state index is 0.544. The Hall–Kier alpha value is -1.90. The third kappa shape index (κ3) is 1.96. The van der Waals surface area contributed by atoms with Crippen LogP contribution < -0.4 is 5.73 Å². The number of nitrogens with zero attached hydrogens (tertiary/aromatic N) is 2. The molecule has 0 fully saturated rings. The third-order valence-electron chi connectivity index (χ3n) is 2.34. The van der Waals surface area contributed by atoms with Gasteiger partial charge in [-0.25, -0.2) is 4.98 Å². The molecule has 0 amide bonds. The Kier molecular flexibility index (Phi) is 2.37. The minimum atomic E-state index is 0.544. The number of aryl methyl sites for hydroxylation is 2. The summed E-state index contributed by atoms with van der Waals surface area (Å²) in [4.78, 5) is 8.32. The van der Waals surface area contributed by atoms with Crippen LogP contribution in [-0.2, 0) is 0 Å². The first-order chi connectivity index (χ1) is 7.16. The van der Waals surface area contributed by atoms with Gasteiger partial charge in [0.2, 0.25) is 0 Å². The van der Waals surface area contributed by atoms with Crippen molar-refractivity contribution in [2.45, 2.75) is 13.8 Å². The Balaban J connectivity index is 2.53. The van der Waals surface area contributed by atoms with Crippen LogP contribution in [0.4, 0.5) is 5.82 Å². The van der Waals surface area contributed by atoms with Crippen molar-refractivity contribution in [3.63, 3.8) is 0 Å². The van der Waals surface area contributed by atoms with Gasteiger partial charge in [0.15, 0.2) is 0 Å². The average molecular weight is 199 g/mol. The van der Waals surface area contributed by atoms with E-state index >= 15 is 0 Å².